The second-order valence-electron chi connectivity index (χ2n) is 4.28. The topological polar surface area (TPSA) is 30.5 Å². The molecule has 108 valence electrons. The molecule has 0 bridgehead atoms. The molecule has 0 saturated carbocycles. The molecule has 1 unspecified atom stereocenters. The van der Waals surface area contributed by atoms with Crippen molar-refractivity contribution in [2.45, 2.75) is 32.7 Å². The van der Waals surface area contributed by atoms with Crippen molar-refractivity contribution in [3.63, 3.8) is 0 Å². The molecule has 0 radical (unpaired) electrons. The summed E-state index contributed by atoms with van der Waals surface area (Å²) in [5, 5.41) is 3.31. The summed E-state index contributed by atoms with van der Waals surface area (Å²) in [5.41, 5.74) is 0.856. The third kappa shape index (κ3) is 5.03. The molecule has 0 spiro atoms. The first-order chi connectivity index (χ1) is 9.08. The van der Waals surface area contributed by atoms with E-state index in [1.54, 1.807) is 12.1 Å². The molecule has 0 amide bonds. The Hall–Kier alpha value is -1.36. The maximum absolute atomic E-state index is 12.3. The molecule has 19 heavy (non-hydrogen) atoms. The van der Waals surface area contributed by atoms with Crippen LogP contribution in [-0.2, 0) is 0 Å². The van der Waals surface area contributed by atoms with Crippen molar-refractivity contribution in [1.29, 1.82) is 0 Å². The van der Waals surface area contributed by atoms with Crippen molar-refractivity contribution < 1.29 is 18.3 Å². The molecular formula is C14H21F2NO2. The van der Waals surface area contributed by atoms with Gasteiger partial charge < -0.3 is 14.8 Å². The van der Waals surface area contributed by atoms with E-state index >= 15 is 0 Å². The number of hydrogen-bond acceptors (Lipinski definition) is 3. The largest absolute Gasteiger partial charge is 0.497 e. The minimum Gasteiger partial charge on any atom is -0.497 e. The van der Waals surface area contributed by atoms with Crippen molar-refractivity contribution in [3.8, 4) is 11.5 Å². The van der Waals surface area contributed by atoms with Gasteiger partial charge in [-0.1, -0.05) is 13.0 Å². The molecule has 0 saturated heterocycles. The van der Waals surface area contributed by atoms with Gasteiger partial charge in [0, 0.05) is 17.7 Å². The fraction of sp³-hybridized carbons (Fsp3) is 0.571. The summed E-state index contributed by atoms with van der Waals surface area (Å²) in [4.78, 5) is 0. The van der Waals surface area contributed by atoms with Crippen LogP contribution in [0.4, 0.5) is 8.78 Å². The molecular weight excluding hydrogens is 252 g/mol. The van der Waals surface area contributed by atoms with E-state index in [0.717, 1.165) is 18.5 Å². The van der Waals surface area contributed by atoms with Gasteiger partial charge in [0.25, 0.3) is 6.43 Å². The Balaban J connectivity index is 2.87. The summed E-state index contributed by atoms with van der Waals surface area (Å²) in [6.45, 7) is 4.30. The van der Waals surface area contributed by atoms with E-state index in [4.69, 9.17) is 9.47 Å². The minimum atomic E-state index is -2.49. The third-order valence-corrected chi connectivity index (χ3v) is 2.75. The average molecular weight is 273 g/mol. The summed E-state index contributed by atoms with van der Waals surface area (Å²) >= 11 is 0. The van der Waals surface area contributed by atoms with Crippen molar-refractivity contribution in [1.82, 2.24) is 5.32 Å². The lowest BCUT2D eigenvalue weighted by Gasteiger charge is -2.19. The molecule has 1 aromatic rings. The smallest absolute Gasteiger partial charge is 0.272 e. The van der Waals surface area contributed by atoms with Crippen LogP contribution < -0.4 is 14.8 Å². The minimum absolute atomic E-state index is 0.0403. The first-order valence-corrected chi connectivity index (χ1v) is 6.40. The summed E-state index contributed by atoms with van der Waals surface area (Å²) in [5.74, 6) is 1.03. The maximum Gasteiger partial charge on any atom is 0.272 e. The van der Waals surface area contributed by atoms with Gasteiger partial charge in [-0.15, -0.1) is 0 Å². The van der Waals surface area contributed by atoms with Gasteiger partial charge >= 0.3 is 0 Å². The van der Waals surface area contributed by atoms with E-state index in [1.807, 2.05) is 13.0 Å². The maximum atomic E-state index is 12.3. The standard InChI is InChI=1S/C14H21F2NO2/c1-4-7-17-10(2)12-6-5-11(18-3)8-13(12)19-9-14(15)16/h5-6,8,10,14,17H,4,7,9H2,1-3H3. The van der Waals surface area contributed by atoms with E-state index in [0.29, 0.717) is 11.5 Å². The molecule has 0 heterocycles. The second kappa shape index (κ2) is 7.94. The molecule has 3 nitrogen and oxygen atoms in total. The van der Waals surface area contributed by atoms with Crippen LogP contribution in [0, 0.1) is 0 Å². The number of hydrogen-bond donors (Lipinski definition) is 1. The number of methoxy groups -OCH3 is 1. The normalized spacial score (nSPS) is 12.5. The van der Waals surface area contributed by atoms with E-state index in [9.17, 15) is 8.78 Å². The van der Waals surface area contributed by atoms with Crippen LogP contribution >= 0.6 is 0 Å². The number of halogens is 2. The van der Waals surface area contributed by atoms with Gasteiger partial charge in [-0.3, -0.25) is 0 Å². The van der Waals surface area contributed by atoms with Crippen molar-refractivity contribution in [2.75, 3.05) is 20.3 Å². The Kier molecular flexibility index (Phi) is 6.56. The molecule has 0 aromatic heterocycles. The third-order valence-electron chi connectivity index (χ3n) is 2.75. The molecule has 5 heteroatoms. The Morgan fingerprint density at radius 2 is 2.05 bits per heavy atom. The highest BCUT2D eigenvalue weighted by Crippen LogP contribution is 2.29. The quantitative estimate of drug-likeness (QED) is 0.787. The van der Waals surface area contributed by atoms with Gasteiger partial charge in [0.15, 0.2) is 0 Å². The van der Waals surface area contributed by atoms with Crippen LogP contribution in [0.1, 0.15) is 31.9 Å². The average Bonchev–Trinajstić information content (AvgIpc) is 2.42. The SMILES string of the molecule is CCCNC(C)c1ccc(OC)cc1OCC(F)F. The predicted octanol–water partition coefficient (Wildman–Crippen LogP) is 3.40. The first kappa shape index (κ1) is 15.7. The van der Waals surface area contributed by atoms with Crippen molar-refractivity contribution in [3.05, 3.63) is 23.8 Å². The fourth-order valence-electron chi connectivity index (χ4n) is 1.75. The van der Waals surface area contributed by atoms with Gasteiger partial charge in [0.2, 0.25) is 0 Å². The molecule has 0 aliphatic rings. The van der Waals surface area contributed by atoms with Gasteiger partial charge in [0.05, 0.1) is 7.11 Å². The number of ether oxygens (including phenoxy) is 2. The van der Waals surface area contributed by atoms with Gasteiger partial charge in [-0.2, -0.15) is 0 Å². The molecule has 0 fully saturated rings. The Morgan fingerprint density at radius 3 is 2.63 bits per heavy atom. The summed E-state index contributed by atoms with van der Waals surface area (Å²) in [7, 11) is 1.53. The molecule has 0 aliphatic heterocycles. The van der Waals surface area contributed by atoms with Crippen LogP contribution in [-0.4, -0.2) is 26.7 Å². The van der Waals surface area contributed by atoms with Crippen LogP contribution in [0.25, 0.3) is 0 Å². The summed E-state index contributed by atoms with van der Waals surface area (Å²) in [6.07, 6.45) is -1.48. The van der Waals surface area contributed by atoms with E-state index in [-0.39, 0.29) is 6.04 Å². The highest BCUT2D eigenvalue weighted by Gasteiger charge is 2.14. The summed E-state index contributed by atoms with van der Waals surface area (Å²) in [6, 6.07) is 5.32. The summed E-state index contributed by atoms with van der Waals surface area (Å²) < 4.78 is 34.8. The van der Waals surface area contributed by atoms with Gasteiger partial charge in [0.1, 0.15) is 18.1 Å². The Labute approximate surface area is 112 Å². The van der Waals surface area contributed by atoms with Crippen LogP contribution in [0.15, 0.2) is 18.2 Å². The predicted molar refractivity (Wildman–Crippen MR) is 71.2 cm³/mol. The number of nitrogens with one attached hydrogen (secondary N) is 1. The highest BCUT2D eigenvalue weighted by atomic mass is 19.3. The lowest BCUT2D eigenvalue weighted by atomic mass is 10.1. The highest BCUT2D eigenvalue weighted by molar-refractivity contribution is 5.42. The number of rotatable bonds is 8. The van der Waals surface area contributed by atoms with Crippen molar-refractivity contribution in [2.24, 2.45) is 0 Å². The number of benzene rings is 1. The monoisotopic (exact) mass is 273 g/mol. The fourth-order valence-corrected chi connectivity index (χ4v) is 1.75. The molecule has 1 atom stereocenters. The molecule has 0 aliphatic carbocycles. The van der Waals surface area contributed by atoms with Gasteiger partial charge in [-0.25, -0.2) is 8.78 Å². The van der Waals surface area contributed by atoms with E-state index in [2.05, 4.69) is 12.2 Å². The first-order valence-electron chi connectivity index (χ1n) is 6.40. The molecule has 1 N–H and O–H groups in total. The molecule has 1 aromatic carbocycles. The van der Waals surface area contributed by atoms with Crippen molar-refractivity contribution >= 4 is 0 Å². The lowest BCUT2D eigenvalue weighted by molar-refractivity contribution is 0.0810. The Bertz CT molecular complexity index is 386. The van der Waals surface area contributed by atoms with E-state index in [1.165, 1.54) is 7.11 Å². The van der Waals surface area contributed by atoms with E-state index < -0.39 is 13.0 Å². The molecule has 1 rings (SSSR count). The number of alkyl halides is 2. The zero-order valence-electron chi connectivity index (χ0n) is 11.6. The van der Waals surface area contributed by atoms with Crippen LogP contribution in [0.2, 0.25) is 0 Å². The van der Waals surface area contributed by atoms with Gasteiger partial charge in [-0.05, 0) is 26.0 Å². The lowest BCUT2D eigenvalue weighted by Crippen LogP contribution is -2.20. The zero-order valence-corrected chi connectivity index (χ0v) is 11.6. The Morgan fingerprint density at radius 1 is 1.32 bits per heavy atom. The van der Waals surface area contributed by atoms with Crippen LogP contribution in [0.5, 0.6) is 11.5 Å². The zero-order chi connectivity index (χ0) is 14.3. The second-order valence-corrected chi connectivity index (χ2v) is 4.28. The van der Waals surface area contributed by atoms with Crippen LogP contribution in [0.3, 0.4) is 0 Å².